The zero-order valence-corrected chi connectivity index (χ0v) is 17.4. The highest BCUT2D eigenvalue weighted by atomic mass is 32.2. The molecule has 7 heteroatoms. The number of amides is 1. The maximum absolute atomic E-state index is 14.3. The fourth-order valence-electron chi connectivity index (χ4n) is 3.49. The van der Waals surface area contributed by atoms with E-state index >= 15 is 0 Å². The summed E-state index contributed by atoms with van der Waals surface area (Å²) in [6.45, 7) is 2.67. The summed E-state index contributed by atoms with van der Waals surface area (Å²) in [4.78, 5) is 12.2. The van der Waals surface area contributed by atoms with Crippen LogP contribution >= 0.6 is 0 Å². The maximum Gasteiger partial charge on any atom is 0.251 e. The van der Waals surface area contributed by atoms with E-state index in [0.29, 0.717) is 13.1 Å². The number of aryl methyl sites for hydroxylation is 1. The standard InChI is InChI=1S/C22H27FN2O3S/c1-17(10-11-18-8-4-2-5-9-18)24-22(26)19-12-13-20(23)21(16-19)29(27,28)25-14-6-3-7-15-25/h2,4-5,8-9,12-13,16-17H,3,6-7,10-11,14-15H2,1H3,(H,24,26). The van der Waals surface area contributed by atoms with Gasteiger partial charge in [-0.1, -0.05) is 36.8 Å². The first-order valence-corrected chi connectivity index (χ1v) is 11.5. The van der Waals surface area contributed by atoms with Crippen molar-refractivity contribution in [2.45, 2.75) is 50.0 Å². The number of hydrogen-bond donors (Lipinski definition) is 1. The van der Waals surface area contributed by atoms with Crippen LogP contribution in [-0.2, 0) is 16.4 Å². The summed E-state index contributed by atoms with van der Waals surface area (Å²) in [7, 11) is -3.95. The Balaban J connectivity index is 1.68. The van der Waals surface area contributed by atoms with Crippen LogP contribution in [0, 0.1) is 5.82 Å². The predicted molar refractivity (Wildman–Crippen MR) is 111 cm³/mol. The van der Waals surface area contributed by atoms with Gasteiger partial charge in [-0.05, 0) is 56.4 Å². The molecule has 1 saturated heterocycles. The van der Waals surface area contributed by atoms with Gasteiger partial charge in [0.15, 0.2) is 0 Å². The molecule has 29 heavy (non-hydrogen) atoms. The molecule has 0 radical (unpaired) electrons. The summed E-state index contributed by atoms with van der Waals surface area (Å²) >= 11 is 0. The van der Waals surface area contributed by atoms with E-state index < -0.39 is 26.6 Å². The molecule has 156 valence electrons. The van der Waals surface area contributed by atoms with E-state index in [1.165, 1.54) is 15.9 Å². The Labute approximate surface area is 172 Å². The quantitative estimate of drug-likeness (QED) is 0.745. The van der Waals surface area contributed by atoms with Gasteiger partial charge < -0.3 is 5.32 Å². The first kappa shape index (κ1) is 21.5. The van der Waals surface area contributed by atoms with E-state index in [1.807, 2.05) is 37.3 Å². The molecule has 3 rings (SSSR count). The van der Waals surface area contributed by atoms with Crippen molar-refractivity contribution in [2.24, 2.45) is 0 Å². The normalized spacial score (nSPS) is 16.3. The first-order valence-electron chi connectivity index (χ1n) is 10.0. The molecular weight excluding hydrogens is 391 g/mol. The van der Waals surface area contributed by atoms with Crippen LogP contribution in [0.2, 0.25) is 0 Å². The van der Waals surface area contributed by atoms with Crippen LogP contribution in [0.5, 0.6) is 0 Å². The van der Waals surface area contributed by atoms with Gasteiger partial charge >= 0.3 is 0 Å². The minimum Gasteiger partial charge on any atom is -0.350 e. The van der Waals surface area contributed by atoms with Crippen LogP contribution in [0.4, 0.5) is 4.39 Å². The molecule has 2 aromatic rings. The van der Waals surface area contributed by atoms with Crippen LogP contribution in [0.1, 0.15) is 48.5 Å². The molecule has 0 aromatic heterocycles. The number of carbonyl (C=O) groups excluding carboxylic acids is 1. The van der Waals surface area contributed by atoms with E-state index in [9.17, 15) is 17.6 Å². The van der Waals surface area contributed by atoms with Gasteiger partial charge in [0, 0.05) is 24.7 Å². The summed E-state index contributed by atoms with van der Waals surface area (Å²) < 4.78 is 41.3. The number of rotatable bonds is 7. The number of carbonyl (C=O) groups is 1. The number of halogens is 1. The van der Waals surface area contributed by atoms with Crippen LogP contribution in [0.3, 0.4) is 0 Å². The molecule has 1 N–H and O–H groups in total. The number of hydrogen-bond acceptors (Lipinski definition) is 3. The van der Waals surface area contributed by atoms with Crippen molar-refractivity contribution in [3.8, 4) is 0 Å². The molecule has 1 atom stereocenters. The highest BCUT2D eigenvalue weighted by molar-refractivity contribution is 7.89. The smallest absolute Gasteiger partial charge is 0.251 e. The number of benzene rings is 2. The fourth-order valence-corrected chi connectivity index (χ4v) is 5.10. The molecule has 2 aromatic carbocycles. The summed E-state index contributed by atoms with van der Waals surface area (Å²) in [5.74, 6) is -1.23. The average Bonchev–Trinajstić information content (AvgIpc) is 2.73. The molecule has 0 saturated carbocycles. The molecule has 1 unspecified atom stereocenters. The van der Waals surface area contributed by atoms with Crippen molar-refractivity contribution >= 4 is 15.9 Å². The Morgan fingerprint density at radius 2 is 1.79 bits per heavy atom. The topological polar surface area (TPSA) is 66.5 Å². The zero-order chi connectivity index (χ0) is 20.9. The SMILES string of the molecule is CC(CCc1ccccc1)NC(=O)c1ccc(F)c(S(=O)(=O)N2CCCCC2)c1. The molecular formula is C22H27FN2O3S. The van der Waals surface area contributed by atoms with Crippen LogP contribution < -0.4 is 5.32 Å². The van der Waals surface area contributed by atoms with Gasteiger partial charge in [-0.15, -0.1) is 0 Å². The van der Waals surface area contributed by atoms with Crippen molar-refractivity contribution in [1.82, 2.24) is 9.62 Å². The van der Waals surface area contributed by atoms with E-state index in [0.717, 1.165) is 44.2 Å². The highest BCUT2D eigenvalue weighted by Gasteiger charge is 2.29. The van der Waals surface area contributed by atoms with Crippen molar-refractivity contribution in [3.05, 3.63) is 65.5 Å². The highest BCUT2D eigenvalue weighted by Crippen LogP contribution is 2.24. The Morgan fingerprint density at radius 3 is 2.48 bits per heavy atom. The summed E-state index contributed by atoms with van der Waals surface area (Å²) in [5.41, 5.74) is 1.33. The van der Waals surface area contributed by atoms with E-state index in [4.69, 9.17) is 0 Å². The molecule has 1 amide bonds. The molecule has 0 spiro atoms. The monoisotopic (exact) mass is 418 g/mol. The zero-order valence-electron chi connectivity index (χ0n) is 16.6. The number of nitrogens with zero attached hydrogens (tertiary/aromatic N) is 1. The molecule has 1 heterocycles. The second kappa shape index (κ2) is 9.50. The lowest BCUT2D eigenvalue weighted by molar-refractivity contribution is 0.0938. The Bertz CT molecular complexity index is 942. The van der Waals surface area contributed by atoms with Gasteiger partial charge in [-0.3, -0.25) is 4.79 Å². The van der Waals surface area contributed by atoms with Gasteiger partial charge in [-0.2, -0.15) is 4.31 Å². The third kappa shape index (κ3) is 5.42. The third-order valence-electron chi connectivity index (χ3n) is 5.21. The van der Waals surface area contributed by atoms with Gasteiger partial charge in [0.1, 0.15) is 10.7 Å². The average molecular weight is 419 g/mol. The fraction of sp³-hybridized carbons (Fsp3) is 0.409. The van der Waals surface area contributed by atoms with Gasteiger partial charge in [0.05, 0.1) is 0 Å². The van der Waals surface area contributed by atoms with Gasteiger partial charge in [0.25, 0.3) is 5.91 Å². The Kier molecular flexibility index (Phi) is 7.03. The Morgan fingerprint density at radius 1 is 1.10 bits per heavy atom. The first-order chi connectivity index (χ1) is 13.9. The van der Waals surface area contributed by atoms with Crippen molar-refractivity contribution in [3.63, 3.8) is 0 Å². The molecule has 1 aliphatic heterocycles. The van der Waals surface area contributed by atoms with Crippen LogP contribution in [0.15, 0.2) is 53.4 Å². The minimum atomic E-state index is -3.95. The number of sulfonamides is 1. The maximum atomic E-state index is 14.3. The van der Waals surface area contributed by atoms with E-state index in [-0.39, 0.29) is 11.6 Å². The second-order valence-electron chi connectivity index (χ2n) is 7.51. The second-order valence-corrected chi connectivity index (χ2v) is 9.42. The molecule has 5 nitrogen and oxygen atoms in total. The summed E-state index contributed by atoms with van der Waals surface area (Å²) in [6.07, 6.45) is 4.06. The van der Waals surface area contributed by atoms with Gasteiger partial charge in [0.2, 0.25) is 10.0 Å². The molecule has 1 fully saturated rings. The van der Waals surface area contributed by atoms with Crippen molar-refractivity contribution < 1.29 is 17.6 Å². The molecule has 0 bridgehead atoms. The van der Waals surface area contributed by atoms with E-state index in [2.05, 4.69) is 5.32 Å². The lowest BCUT2D eigenvalue weighted by Gasteiger charge is -2.26. The van der Waals surface area contributed by atoms with Crippen molar-refractivity contribution in [2.75, 3.05) is 13.1 Å². The number of nitrogens with one attached hydrogen (secondary N) is 1. The minimum absolute atomic E-state index is 0.102. The predicted octanol–water partition coefficient (Wildman–Crippen LogP) is 3.75. The van der Waals surface area contributed by atoms with Crippen LogP contribution in [-0.4, -0.2) is 37.8 Å². The van der Waals surface area contributed by atoms with E-state index in [1.54, 1.807) is 0 Å². The van der Waals surface area contributed by atoms with Gasteiger partial charge in [-0.25, -0.2) is 12.8 Å². The summed E-state index contributed by atoms with van der Waals surface area (Å²) in [5, 5.41) is 2.87. The lowest BCUT2D eigenvalue weighted by Crippen LogP contribution is -2.36. The van der Waals surface area contributed by atoms with Crippen LogP contribution in [0.25, 0.3) is 0 Å². The Hall–Kier alpha value is -2.25. The van der Waals surface area contributed by atoms with Crippen molar-refractivity contribution in [1.29, 1.82) is 0 Å². The largest absolute Gasteiger partial charge is 0.350 e. The molecule has 1 aliphatic rings. The number of piperidine rings is 1. The molecule has 0 aliphatic carbocycles. The lowest BCUT2D eigenvalue weighted by atomic mass is 10.1. The summed E-state index contributed by atoms with van der Waals surface area (Å²) in [6, 6.07) is 13.4. The third-order valence-corrected chi connectivity index (χ3v) is 7.13.